The molecule has 0 N–H and O–H groups in total. The van der Waals surface area contributed by atoms with Crippen molar-refractivity contribution >= 4 is 11.3 Å². The number of hydrogen-bond acceptors (Lipinski definition) is 3. The second kappa shape index (κ2) is 5.47. The largest absolute Gasteiger partial charge is 0.332 e. The van der Waals surface area contributed by atoms with E-state index in [9.17, 15) is 0 Å². The molecule has 0 spiro atoms. The van der Waals surface area contributed by atoms with Gasteiger partial charge in [-0.25, -0.2) is 4.98 Å². The predicted molar refractivity (Wildman–Crippen MR) is 85.0 cm³/mol. The van der Waals surface area contributed by atoms with Gasteiger partial charge in [-0.15, -0.1) is 0 Å². The Kier molecular flexibility index (Phi) is 3.33. The predicted octanol–water partition coefficient (Wildman–Crippen LogP) is 3.70. The average molecular weight is 295 g/mol. The summed E-state index contributed by atoms with van der Waals surface area (Å²) in [6, 6.07) is 13.4. The zero-order chi connectivity index (χ0) is 14.1. The first-order valence-electron chi connectivity index (χ1n) is 7.20. The van der Waals surface area contributed by atoms with Gasteiger partial charge in [-0.3, -0.25) is 4.90 Å². The quantitative estimate of drug-likeness (QED) is 0.734. The van der Waals surface area contributed by atoms with E-state index in [-0.39, 0.29) is 0 Å². The van der Waals surface area contributed by atoms with Crippen LogP contribution in [0.15, 0.2) is 59.6 Å². The fraction of sp³-hybridized carbons (Fsp3) is 0.235. The maximum atomic E-state index is 4.49. The van der Waals surface area contributed by atoms with E-state index in [2.05, 4.69) is 67.8 Å². The van der Waals surface area contributed by atoms with E-state index in [4.69, 9.17) is 0 Å². The summed E-state index contributed by atoms with van der Waals surface area (Å²) in [7, 11) is 0. The molecule has 0 saturated heterocycles. The Morgan fingerprint density at radius 2 is 2.10 bits per heavy atom. The third-order valence-electron chi connectivity index (χ3n) is 4.11. The monoisotopic (exact) mass is 295 g/mol. The Hall–Kier alpha value is -1.91. The minimum Gasteiger partial charge on any atom is -0.332 e. The first-order chi connectivity index (χ1) is 10.4. The summed E-state index contributed by atoms with van der Waals surface area (Å²) in [4.78, 5) is 7.02. The lowest BCUT2D eigenvalue weighted by Crippen LogP contribution is -2.36. The lowest BCUT2D eigenvalue weighted by atomic mass is 10.0. The molecule has 0 fully saturated rings. The third kappa shape index (κ3) is 2.52. The Bertz CT molecular complexity index is 703. The van der Waals surface area contributed by atoms with Crippen LogP contribution in [0.5, 0.6) is 0 Å². The molecular formula is C17H17N3S. The molecule has 3 nitrogen and oxygen atoms in total. The van der Waals surface area contributed by atoms with E-state index < -0.39 is 0 Å². The highest BCUT2D eigenvalue weighted by atomic mass is 32.1. The fourth-order valence-corrected chi connectivity index (χ4v) is 3.69. The van der Waals surface area contributed by atoms with Gasteiger partial charge in [0.25, 0.3) is 0 Å². The highest BCUT2D eigenvalue weighted by Crippen LogP contribution is 2.30. The zero-order valence-electron chi connectivity index (χ0n) is 11.7. The van der Waals surface area contributed by atoms with E-state index in [1.54, 1.807) is 11.3 Å². The van der Waals surface area contributed by atoms with Gasteiger partial charge in [-0.2, -0.15) is 11.3 Å². The van der Waals surface area contributed by atoms with E-state index in [0.717, 1.165) is 25.5 Å². The number of rotatable bonds is 3. The Labute approximate surface area is 128 Å². The number of nitrogens with zero attached hydrogens (tertiary/aromatic N) is 3. The first-order valence-corrected chi connectivity index (χ1v) is 8.14. The molecule has 1 unspecified atom stereocenters. The highest BCUT2D eigenvalue weighted by molar-refractivity contribution is 7.07. The summed E-state index contributed by atoms with van der Waals surface area (Å²) in [6.07, 6.45) is 4.00. The summed E-state index contributed by atoms with van der Waals surface area (Å²) in [5, 5.41) is 4.39. The summed E-state index contributed by atoms with van der Waals surface area (Å²) in [5.41, 5.74) is 2.77. The normalized spacial score (nSPS) is 18.6. The molecule has 3 heterocycles. The number of fused-ring (bicyclic) bond motifs is 1. The number of aromatic nitrogens is 2. The molecule has 1 atom stereocenters. The molecule has 1 aliphatic rings. The molecule has 0 radical (unpaired) electrons. The molecule has 0 saturated carbocycles. The third-order valence-corrected chi connectivity index (χ3v) is 4.84. The van der Waals surface area contributed by atoms with Crippen LogP contribution < -0.4 is 0 Å². The van der Waals surface area contributed by atoms with Gasteiger partial charge in [0.2, 0.25) is 0 Å². The van der Waals surface area contributed by atoms with E-state index in [1.165, 1.54) is 11.1 Å². The number of benzene rings is 1. The van der Waals surface area contributed by atoms with E-state index in [0.29, 0.717) is 6.04 Å². The van der Waals surface area contributed by atoms with Crippen molar-refractivity contribution in [2.24, 2.45) is 0 Å². The van der Waals surface area contributed by atoms with E-state index in [1.807, 2.05) is 6.20 Å². The van der Waals surface area contributed by atoms with E-state index >= 15 is 0 Å². The molecule has 1 aromatic carbocycles. The van der Waals surface area contributed by atoms with Crippen LogP contribution in [-0.4, -0.2) is 14.5 Å². The fourth-order valence-electron chi connectivity index (χ4n) is 3.03. The first kappa shape index (κ1) is 12.8. The van der Waals surface area contributed by atoms with Gasteiger partial charge in [0.1, 0.15) is 5.82 Å². The SMILES string of the molecule is c1ccc(C2Cn3ccnc3CN2Cc2ccsc2)cc1. The van der Waals surface area contributed by atoms with Crippen LogP contribution in [0.2, 0.25) is 0 Å². The second-order valence-electron chi connectivity index (χ2n) is 5.46. The molecule has 3 aromatic rings. The van der Waals surface area contributed by atoms with Gasteiger partial charge in [-0.1, -0.05) is 30.3 Å². The van der Waals surface area contributed by atoms with Crippen LogP contribution in [0, 0.1) is 0 Å². The van der Waals surface area contributed by atoms with Gasteiger partial charge in [0.05, 0.1) is 12.6 Å². The van der Waals surface area contributed by atoms with Gasteiger partial charge in [0.15, 0.2) is 0 Å². The molecule has 106 valence electrons. The second-order valence-corrected chi connectivity index (χ2v) is 6.24. The topological polar surface area (TPSA) is 21.1 Å². The van der Waals surface area contributed by atoms with Gasteiger partial charge in [-0.05, 0) is 28.0 Å². The Balaban J connectivity index is 1.67. The van der Waals surface area contributed by atoms with Crippen LogP contribution in [0.25, 0.3) is 0 Å². The molecule has 21 heavy (non-hydrogen) atoms. The lowest BCUT2D eigenvalue weighted by molar-refractivity contribution is 0.128. The van der Waals surface area contributed by atoms with Crippen molar-refractivity contribution in [2.45, 2.75) is 25.7 Å². The molecule has 0 aliphatic carbocycles. The summed E-state index contributed by atoms with van der Waals surface area (Å²) in [5.74, 6) is 1.16. The minimum atomic E-state index is 0.410. The summed E-state index contributed by atoms with van der Waals surface area (Å²) < 4.78 is 2.28. The molecule has 0 bridgehead atoms. The van der Waals surface area contributed by atoms with Crippen molar-refractivity contribution in [3.63, 3.8) is 0 Å². The lowest BCUT2D eigenvalue weighted by Gasteiger charge is -2.36. The molecule has 4 heteroatoms. The number of imidazole rings is 1. The molecule has 4 rings (SSSR count). The molecule has 2 aromatic heterocycles. The van der Waals surface area contributed by atoms with Crippen LogP contribution in [0.3, 0.4) is 0 Å². The van der Waals surface area contributed by atoms with Crippen LogP contribution in [-0.2, 0) is 19.6 Å². The standard InChI is InChI=1S/C17H17N3S/c1-2-4-15(5-3-1)16-11-19-8-7-18-17(19)12-20(16)10-14-6-9-21-13-14/h1-9,13,16H,10-12H2. The van der Waals surface area contributed by atoms with Crippen molar-refractivity contribution in [3.8, 4) is 0 Å². The van der Waals surface area contributed by atoms with Crippen molar-refractivity contribution in [3.05, 3.63) is 76.5 Å². The summed E-state index contributed by atoms with van der Waals surface area (Å²) >= 11 is 1.76. The Morgan fingerprint density at radius 3 is 2.90 bits per heavy atom. The van der Waals surface area contributed by atoms with Crippen molar-refractivity contribution in [2.75, 3.05) is 0 Å². The van der Waals surface area contributed by atoms with Crippen molar-refractivity contribution in [1.82, 2.24) is 14.5 Å². The number of thiophene rings is 1. The van der Waals surface area contributed by atoms with Crippen molar-refractivity contribution < 1.29 is 0 Å². The van der Waals surface area contributed by atoms with Gasteiger partial charge < -0.3 is 4.57 Å². The summed E-state index contributed by atoms with van der Waals surface area (Å²) in [6.45, 7) is 2.86. The van der Waals surface area contributed by atoms with Gasteiger partial charge >= 0.3 is 0 Å². The maximum Gasteiger partial charge on any atom is 0.122 e. The molecule has 0 amide bonds. The van der Waals surface area contributed by atoms with Crippen molar-refractivity contribution in [1.29, 1.82) is 0 Å². The van der Waals surface area contributed by atoms with Crippen LogP contribution in [0.4, 0.5) is 0 Å². The molecule has 1 aliphatic heterocycles. The van der Waals surface area contributed by atoms with Crippen LogP contribution in [0.1, 0.15) is 23.0 Å². The van der Waals surface area contributed by atoms with Gasteiger partial charge in [0, 0.05) is 25.5 Å². The molecular weight excluding hydrogens is 278 g/mol. The smallest absolute Gasteiger partial charge is 0.122 e. The van der Waals surface area contributed by atoms with Crippen LogP contribution >= 0.6 is 11.3 Å². The Morgan fingerprint density at radius 1 is 1.19 bits per heavy atom. The zero-order valence-corrected chi connectivity index (χ0v) is 12.5. The highest BCUT2D eigenvalue weighted by Gasteiger charge is 2.27. The number of hydrogen-bond donors (Lipinski definition) is 0. The maximum absolute atomic E-state index is 4.49. The average Bonchev–Trinajstić information content (AvgIpc) is 3.18. The minimum absolute atomic E-state index is 0.410.